The molecule has 0 amide bonds. The second kappa shape index (κ2) is 12.6. The fraction of sp³-hybridized carbons (Fsp3) is 0.171. The summed E-state index contributed by atoms with van der Waals surface area (Å²) in [5.74, 6) is 0. The van der Waals surface area contributed by atoms with E-state index in [-0.39, 0.29) is 26.2 Å². The van der Waals surface area contributed by atoms with Gasteiger partial charge in [0.15, 0.2) is 0 Å². The number of hydrogen-bond donors (Lipinski definition) is 0. The Morgan fingerprint density at radius 2 is 0.911 bits per heavy atom. The zero-order valence-electron chi connectivity index (χ0n) is 25.6. The van der Waals surface area contributed by atoms with Crippen molar-refractivity contribution in [3.8, 4) is 11.4 Å². The van der Waals surface area contributed by atoms with E-state index in [4.69, 9.17) is 0 Å². The molecular formula is C41H35ClN2Zr. The van der Waals surface area contributed by atoms with Crippen molar-refractivity contribution in [1.29, 1.82) is 0 Å². The van der Waals surface area contributed by atoms with Gasteiger partial charge in [0.2, 0.25) is 0 Å². The van der Waals surface area contributed by atoms with Crippen molar-refractivity contribution in [3.05, 3.63) is 144 Å². The molecule has 10 rings (SSSR count). The maximum Gasteiger partial charge on any atom is 2.00 e. The summed E-state index contributed by atoms with van der Waals surface area (Å²) in [5.41, 5.74) is 11.5. The number of fused-ring (bicyclic) bond motifs is 8. The summed E-state index contributed by atoms with van der Waals surface area (Å²) in [6.07, 6.45) is 8.90. The van der Waals surface area contributed by atoms with Crippen molar-refractivity contribution in [2.75, 3.05) is 6.38 Å². The molecule has 0 N–H and O–H groups in total. The van der Waals surface area contributed by atoms with E-state index in [1.54, 1.807) is 11.1 Å². The molecule has 0 atom stereocenters. The Hall–Kier alpha value is -3.65. The molecule has 8 aromatic rings. The van der Waals surface area contributed by atoms with Gasteiger partial charge in [-0.25, -0.2) is 0 Å². The van der Waals surface area contributed by atoms with Crippen LogP contribution in [0.2, 0.25) is 0 Å². The molecule has 2 nitrogen and oxygen atoms in total. The Morgan fingerprint density at radius 3 is 1.36 bits per heavy atom. The maximum atomic E-state index is 4.64. The molecule has 220 valence electrons. The summed E-state index contributed by atoms with van der Waals surface area (Å²) in [7, 11) is 0. The molecular weight excluding hydrogens is 647 g/mol. The van der Waals surface area contributed by atoms with E-state index in [1.807, 2.05) is 0 Å². The van der Waals surface area contributed by atoms with Gasteiger partial charge in [0.05, 0.1) is 11.0 Å². The van der Waals surface area contributed by atoms with E-state index < -0.39 is 0 Å². The van der Waals surface area contributed by atoms with Gasteiger partial charge in [-0.3, -0.25) is 0 Å². The molecule has 2 aromatic heterocycles. The number of aryl methyl sites for hydroxylation is 2. The predicted octanol–water partition coefficient (Wildman–Crippen LogP) is 10.8. The minimum absolute atomic E-state index is 0. The van der Waals surface area contributed by atoms with Gasteiger partial charge >= 0.3 is 26.2 Å². The summed E-state index contributed by atoms with van der Waals surface area (Å²) in [4.78, 5) is 0. The third-order valence-electron chi connectivity index (χ3n) is 9.58. The number of hydrogen-bond acceptors (Lipinski definition) is 0. The second-order valence-corrected chi connectivity index (χ2v) is 11.9. The first-order chi connectivity index (χ1) is 21.8. The largest absolute Gasteiger partial charge is 2.00 e. The van der Waals surface area contributed by atoms with Gasteiger partial charge in [-0.15, -0.1) is 93.8 Å². The summed E-state index contributed by atoms with van der Waals surface area (Å²) in [5, 5.41) is 8.20. The molecule has 2 aliphatic carbocycles. The number of alkyl halides is 1. The van der Waals surface area contributed by atoms with E-state index >= 15 is 0 Å². The second-order valence-electron chi connectivity index (χ2n) is 11.9. The van der Waals surface area contributed by atoms with Gasteiger partial charge < -0.3 is 9.13 Å². The molecule has 0 fully saturated rings. The fourth-order valence-electron chi connectivity index (χ4n) is 7.78. The van der Waals surface area contributed by atoms with Gasteiger partial charge in [0.1, 0.15) is 0 Å². The quantitative estimate of drug-likeness (QED) is 0.127. The molecule has 0 saturated carbocycles. The Morgan fingerprint density at radius 1 is 0.511 bits per heavy atom. The van der Waals surface area contributed by atoms with E-state index in [1.165, 1.54) is 111 Å². The molecule has 0 unspecified atom stereocenters. The van der Waals surface area contributed by atoms with Crippen LogP contribution >= 0.6 is 11.6 Å². The van der Waals surface area contributed by atoms with Crippen LogP contribution in [-0.4, -0.2) is 15.5 Å². The van der Waals surface area contributed by atoms with Gasteiger partial charge in [-0.2, -0.15) is 0 Å². The third-order valence-corrected chi connectivity index (χ3v) is 9.58. The molecule has 6 aromatic carbocycles. The van der Waals surface area contributed by atoms with Crippen LogP contribution in [0.4, 0.5) is 0 Å². The molecule has 2 aliphatic rings. The van der Waals surface area contributed by atoms with Crippen LogP contribution in [0.25, 0.3) is 54.7 Å². The molecule has 0 bridgehead atoms. The number of aromatic nitrogens is 2. The first-order valence-electron chi connectivity index (χ1n) is 15.8. The van der Waals surface area contributed by atoms with Crippen molar-refractivity contribution < 1.29 is 26.2 Å². The summed E-state index contributed by atoms with van der Waals surface area (Å²) >= 11 is 4.64. The Labute approximate surface area is 288 Å². The first kappa shape index (κ1) is 30.0. The monoisotopic (exact) mass is 680 g/mol. The standard InChI is InChI=1S/2C20H16N.CH3Cl.Zr/c2*1-2-7-15-13-16(12-14(15)6-1)21-19-10-4-3-8-17(19)18-9-5-11-20(18)21;1-2;/h2*1-4,6-8,10,12-13H,5,9,11H2;1H3;/q2*-1;;+2. The van der Waals surface area contributed by atoms with Gasteiger partial charge in [-0.1, -0.05) is 48.5 Å². The Bertz CT molecular complexity index is 2050. The smallest absolute Gasteiger partial charge is 0.332 e. The number of para-hydroxylation sites is 2. The van der Waals surface area contributed by atoms with Crippen LogP contribution in [0.15, 0.2) is 121 Å². The molecule has 0 radical (unpaired) electrons. The SMILES string of the molecule is CCl.[Zr+2].c1ccc2[cH-]c(-n3c4c(c5ccccc53)CCC4)cc2c1.c1ccc2[cH-]c(-n3c4c(c5ccccc53)CCC4)cc2c1. The normalized spacial score (nSPS) is 13.3. The molecule has 0 saturated heterocycles. The number of benzene rings is 4. The van der Waals surface area contributed by atoms with E-state index in [9.17, 15) is 0 Å². The number of halogens is 1. The number of rotatable bonds is 2. The van der Waals surface area contributed by atoms with Crippen molar-refractivity contribution in [1.82, 2.24) is 9.13 Å². The molecule has 2 heterocycles. The maximum absolute atomic E-state index is 4.64. The molecule has 45 heavy (non-hydrogen) atoms. The first-order valence-corrected chi connectivity index (χ1v) is 16.5. The zero-order valence-corrected chi connectivity index (χ0v) is 28.8. The summed E-state index contributed by atoms with van der Waals surface area (Å²) in [6.45, 7) is 0. The van der Waals surface area contributed by atoms with Crippen LogP contribution in [0.5, 0.6) is 0 Å². The fourth-order valence-corrected chi connectivity index (χ4v) is 7.78. The molecule has 4 heteroatoms. The summed E-state index contributed by atoms with van der Waals surface area (Å²) in [6, 6.07) is 44.2. The van der Waals surface area contributed by atoms with E-state index in [2.05, 4.69) is 142 Å². The van der Waals surface area contributed by atoms with Crippen molar-refractivity contribution in [2.24, 2.45) is 0 Å². The van der Waals surface area contributed by atoms with E-state index in [0.717, 1.165) is 0 Å². The molecule has 0 spiro atoms. The number of nitrogens with zero attached hydrogens (tertiary/aromatic N) is 2. The van der Waals surface area contributed by atoms with Crippen LogP contribution in [0, 0.1) is 0 Å². The van der Waals surface area contributed by atoms with Crippen molar-refractivity contribution in [2.45, 2.75) is 38.5 Å². The Kier molecular flexibility index (Phi) is 8.43. The Balaban J connectivity index is 0.000000134. The minimum Gasteiger partial charge on any atom is -0.332 e. The predicted molar refractivity (Wildman–Crippen MR) is 189 cm³/mol. The topological polar surface area (TPSA) is 9.86 Å². The van der Waals surface area contributed by atoms with Crippen molar-refractivity contribution in [3.63, 3.8) is 0 Å². The van der Waals surface area contributed by atoms with Gasteiger partial charge in [0.25, 0.3) is 0 Å². The van der Waals surface area contributed by atoms with Crippen LogP contribution in [0.1, 0.15) is 35.4 Å². The van der Waals surface area contributed by atoms with Crippen LogP contribution in [0.3, 0.4) is 0 Å². The van der Waals surface area contributed by atoms with Gasteiger partial charge in [0, 0.05) is 28.5 Å². The average molecular weight is 682 g/mol. The van der Waals surface area contributed by atoms with Crippen LogP contribution < -0.4 is 0 Å². The van der Waals surface area contributed by atoms with E-state index in [0.29, 0.717) is 0 Å². The summed E-state index contributed by atoms with van der Waals surface area (Å²) < 4.78 is 4.97. The zero-order chi connectivity index (χ0) is 29.6. The molecule has 0 aliphatic heterocycles. The third kappa shape index (κ3) is 5.06. The average Bonchev–Trinajstić information content (AvgIpc) is 3.91. The van der Waals surface area contributed by atoms with Gasteiger partial charge in [-0.05, 0) is 73.2 Å². The van der Waals surface area contributed by atoms with Crippen LogP contribution in [-0.2, 0) is 51.9 Å². The van der Waals surface area contributed by atoms with Crippen molar-refractivity contribution >= 4 is 55.0 Å². The minimum atomic E-state index is 0.